The first-order valence-corrected chi connectivity index (χ1v) is 16.7. The smallest absolute Gasteiger partial charge is 0.0645 e. The molecular formula is C48H34N2. The Balaban J connectivity index is 1.27. The van der Waals surface area contributed by atoms with Crippen LogP contribution in [0.4, 0.5) is 17.1 Å². The van der Waals surface area contributed by atoms with E-state index in [-0.39, 0.29) is 29.9 Å². The van der Waals surface area contributed by atoms with Gasteiger partial charge in [-0.15, -0.1) is 0 Å². The molecular weight excluding hydrogens is 605 g/mol. The van der Waals surface area contributed by atoms with Crippen LogP contribution in [-0.4, -0.2) is 4.57 Å². The zero-order chi connectivity index (χ0) is 37.6. The molecule has 8 aromatic carbocycles. The quantitative estimate of drug-likeness (QED) is 0.168. The number of hydrogen-bond donors (Lipinski definition) is 0. The Morgan fingerprint density at radius 3 is 1.54 bits per heavy atom. The van der Waals surface area contributed by atoms with Gasteiger partial charge in [0.05, 0.1) is 23.6 Å². The number of para-hydroxylation sites is 3. The Kier molecular flexibility index (Phi) is 6.25. The zero-order valence-corrected chi connectivity index (χ0v) is 27.1. The molecule has 0 aliphatic rings. The van der Waals surface area contributed by atoms with Crippen molar-refractivity contribution in [1.29, 1.82) is 0 Å². The van der Waals surface area contributed by atoms with E-state index < -0.39 is 6.04 Å². The molecule has 9 aromatic rings. The topological polar surface area (TPSA) is 8.17 Å². The van der Waals surface area contributed by atoms with Crippen LogP contribution in [0.3, 0.4) is 0 Å². The largest absolute Gasteiger partial charge is 0.310 e. The lowest BCUT2D eigenvalue weighted by Crippen LogP contribution is -2.11. The average Bonchev–Trinajstić information content (AvgIpc) is 3.58. The number of nitrogens with zero attached hydrogens (tertiary/aromatic N) is 2. The number of hydrogen-bond acceptors (Lipinski definition) is 1. The highest BCUT2D eigenvalue weighted by molar-refractivity contribution is 6.17. The van der Waals surface area contributed by atoms with Crippen molar-refractivity contribution >= 4 is 38.9 Å². The average molecular weight is 644 g/mol. The Hall–Kier alpha value is -6.64. The van der Waals surface area contributed by atoms with Gasteiger partial charge in [0, 0.05) is 33.4 Å². The highest BCUT2D eigenvalue weighted by Crippen LogP contribution is 2.45. The molecule has 0 saturated heterocycles. The van der Waals surface area contributed by atoms with Crippen LogP contribution in [0.15, 0.2) is 206 Å². The van der Waals surface area contributed by atoms with E-state index in [0.29, 0.717) is 0 Å². The normalized spacial score (nSPS) is 12.6. The minimum Gasteiger partial charge on any atom is -0.310 e. The van der Waals surface area contributed by atoms with Gasteiger partial charge >= 0.3 is 0 Å². The summed E-state index contributed by atoms with van der Waals surface area (Å²) in [5.74, 6) is 0. The third kappa shape index (κ3) is 5.24. The molecule has 1 heterocycles. The van der Waals surface area contributed by atoms with Crippen LogP contribution < -0.4 is 4.90 Å². The fourth-order valence-corrected chi connectivity index (χ4v) is 7.03. The summed E-state index contributed by atoms with van der Waals surface area (Å²) in [7, 11) is 0. The summed E-state index contributed by atoms with van der Waals surface area (Å²) >= 11 is 0. The Bertz CT molecular complexity index is 2740. The third-order valence-corrected chi connectivity index (χ3v) is 9.31. The minimum atomic E-state index is -0.414. The van der Waals surface area contributed by atoms with Gasteiger partial charge < -0.3 is 9.47 Å². The number of rotatable bonds is 7. The van der Waals surface area contributed by atoms with E-state index in [2.05, 4.69) is 126 Å². The van der Waals surface area contributed by atoms with E-state index in [1.54, 1.807) is 0 Å². The second-order valence-electron chi connectivity index (χ2n) is 12.2. The van der Waals surface area contributed by atoms with Gasteiger partial charge in [-0.2, -0.15) is 0 Å². The van der Waals surface area contributed by atoms with Crippen LogP contribution in [0.2, 0.25) is 0 Å². The molecule has 236 valence electrons. The van der Waals surface area contributed by atoms with Gasteiger partial charge in [-0.3, -0.25) is 0 Å². The zero-order valence-electron chi connectivity index (χ0n) is 32.1. The van der Waals surface area contributed by atoms with E-state index in [4.69, 9.17) is 6.85 Å². The maximum Gasteiger partial charge on any atom is 0.0645 e. The molecule has 0 saturated carbocycles. The van der Waals surface area contributed by atoms with Crippen molar-refractivity contribution in [3.63, 3.8) is 0 Å². The van der Waals surface area contributed by atoms with E-state index in [1.807, 2.05) is 59.2 Å². The highest BCUT2D eigenvalue weighted by Gasteiger charge is 2.21. The lowest BCUT2D eigenvalue weighted by Gasteiger charge is -2.28. The van der Waals surface area contributed by atoms with Crippen molar-refractivity contribution < 1.29 is 6.85 Å². The summed E-state index contributed by atoms with van der Waals surface area (Å²) in [4.78, 5) is 2.28. The van der Waals surface area contributed by atoms with Crippen LogP contribution in [-0.2, 0) is 0 Å². The molecule has 0 amide bonds. The maximum absolute atomic E-state index is 8.90. The molecule has 2 heteroatoms. The number of aromatic nitrogens is 1. The Morgan fingerprint density at radius 2 is 0.900 bits per heavy atom. The Morgan fingerprint density at radius 1 is 0.400 bits per heavy atom. The van der Waals surface area contributed by atoms with Crippen LogP contribution in [0.1, 0.15) is 6.85 Å². The summed E-state index contributed by atoms with van der Waals surface area (Å²) in [6.45, 7) is 0. The predicted octanol–water partition coefficient (Wildman–Crippen LogP) is 13.3. The maximum atomic E-state index is 8.90. The lowest BCUT2D eigenvalue weighted by atomic mass is 9.96. The number of benzene rings is 8. The molecule has 0 N–H and O–H groups in total. The molecule has 1 aromatic heterocycles. The van der Waals surface area contributed by atoms with Gasteiger partial charge in [0.2, 0.25) is 0 Å². The monoisotopic (exact) mass is 643 g/mol. The van der Waals surface area contributed by atoms with Crippen LogP contribution >= 0.6 is 0 Å². The van der Waals surface area contributed by atoms with Crippen LogP contribution in [0.5, 0.6) is 0 Å². The van der Waals surface area contributed by atoms with E-state index >= 15 is 0 Å². The van der Waals surface area contributed by atoms with Crippen LogP contribution in [0, 0.1) is 0 Å². The van der Waals surface area contributed by atoms with Gasteiger partial charge in [0.15, 0.2) is 0 Å². The standard InChI is InChI=1S/C48H34N2/c1-4-15-35(16-5-1)37-27-31-40(32-28-37)49(41-33-29-38(30-34-41)36-17-6-2-7-18-36)45-24-12-10-21-42(45)43-23-14-26-47-48(43)44-22-11-13-25-46(44)50(47)39-19-8-3-9-20-39/h1-34H/i3D,8D,9D,19D,20D. The van der Waals surface area contributed by atoms with Crippen molar-refractivity contribution in [3.8, 4) is 39.1 Å². The van der Waals surface area contributed by atoms with Crippen LogP contribution in [0.25, 0.3) is 60.9 Å². The van der Waals surface area contributed by atoms with Gasteiger partial charge in [0.25, 0.3) is 0 Å². The molecule has 0 unspecified atom stereocenters. The van der Waals surface area contributed by atoms with Crippen molar-refractivity contribution in [3.05, 3.63) is 206 Å². The summed E-state index contributed by atoms with van der Waals surface area (Å²) < 4.78 is 44.8. The summed E-state index contributed by atoms with van der Waals surface area (Å²) in [6, 6.07) is 58.7. The lowest BCUT2D eigenvalue weighted by molar-refractivity contribution is 1.18. The number of fused-ring (bicyclic) bond motifs is 3. The first-order valence-electron chi connectivity index (χ1n) is 19.2. The molecule has 9 rings (SSSR count). The SMILES string of the molecule is [2H]c1c([2H])c([2H])c(-n2c3ccccc3c3c(-c4ccccc4N(c4ccc(-c5ccccc5)cc4)c4ccc(-c5ccccc5)cc4)cccc32)c([2H])c1[2H]. The second kappa shape index (κ2) is 12.8. The molecule has 0 aliphatic heterocycles. The minimum absolute atomic E-state index is 0.126. The van der Waals surface area contributed by atoms with Gasteiger partial charge in [-0.1, -0.05) is 152 Å². The van der Waals surface area contributed by atoms with Gasteiger partial charge in [-0.05, 0) is 82.4 Å². The molecule has 0 radical (unpaired) electrons. The summed E-state index contributed by atoms with van der Waals surface area (Å²) in [5, 5.41) is 1.84. The molecule has 2 nitrogen and oxygen atoms in total. The second-order valence-corrected chi connectivity index (χ2v) is 12.2. The molecule has 0 aliphatic carbocycles. The third-order valence-electron chi connectivity index (χ3n) is 9.31. The van der Waals surface area contributed by atoms with Gasteiger partial charge in [0.1, 0.15) is 0 Å². The van der Waals surface area contributed by atoms with E-state index in [0.717, 1.165) is 72.2 Å². The van der Waals surface area contributed by atoms with Crippen molar-refractivity contribution in [2.75, 3.05) is 4.90 Å². The van der Waals surface area contributed by atoms with Gasteiger partial charge in [-0.25, -0.2) is 0 Å². The summed E-state index contributed by atoms with van der Waals surface area (Å²) in [5.41, 5.74) is 11.1. The highest BCUT2D eigenvalue weighted by atomic mass is 15.1. The molecule has 0 atom stereocenters. The Labute approximate surface area is 299 Å². The fourth-order valence-electron chi connectivity index (χ4n) is 7.03. The molecule has 0 spiro atoms. The fraction of sp³-hybridized carbons (Fsp3) is 0. The van der Waals surface area contributed by atoms with Crippen molar-refractivity contribution in [2.45, 2.75) is 0 Å². The van der Waals surface area contributed by atoms with E-state index in [1.165, 1.54) is 0 Å². The predicted molar refractivity (Wildman–Crippen MR) is 212 cm³/mol. The molecule has 0 bridgehead atoms. The first kappa shape index (κ1) is 24.5. The van der Waals surface area contributed by atoms with E-state index in [9.17, 15) is 0 Å². The molecule has 50 heavy (non-hydrogen) atoms. The van der Waals surface area contributed by atoms with Crippen molar-refractivity contribution in [1.82, 2.24) is 4.57 Å². The first-order chi connectivity index (χ1) is 26.9. The summed E-state index contributed by atoms with van der Waals surface area (Å²) in [6.07, 6.45) is 0. The van der Waals surface area contributed by atoms with Crippen molar-refractivity contribution in [2.24, 2.45) is 0 Å². The molecule has 0 fully saturated rings. The number of anilines is 3.